The van der Waals surface area contributed by atoms with Gasteiger partial charge in [0.1, 0.15) is 5.75 Å². The minimum atomic E-state index is -0.702. The van der Waals surface area contributed by atoms with Crippen molar-refractivity contribution < 1.29 is 14.3 Å². The number of ether oxygens (including phenoxy) is 1. The quantitative estimate of drug-likeness (QED) is 0.428. The summed E-state index contributed by atoms with van der Waals surface area (Å²) in [6, 6.07) is 20.7. The predicted octanol–water partition coefficient (Wildman–Crippen LogP) is 3.99. The van der Waals surface area contributed by atoms with Crippen LogP contribution in [-0.4, -0.2) is 44.0 Å². The lowest BCUT2D eigenvalue weighted by molar-refractivity contribution is -0.136. The molecule has 0 saturated heterocycles. The molecule has 3 rings (SSSR count). The Morgan fingerprint density at radius 3 is 2.35 bits per heavy atom. The summed E-state index contributed by atoms with van der Waals surface area (Å²) < 4.78 is 5.68. The van der Waals surface area contributed by atoms with E-state index in [0.29, 0.717) is 12.3 Å². The highest BCUT2D eigenvalue weighted by Gasteiger charge is 2.17. The number of hydrogen-bond acceptors (Lipinski definition) is 4. The number of anilines is 1. The highest BCUT2D eigenvalue weighted by molar-refractivity contribution is 6.39. The Morgan fingerprint density at radius 2 is 1.65 bits per heavy atom. The largest absolute Gasteiger partial charge is 0.494 e. The van der Waals surface area contributed by atoms with Crippen LogP contribution in [0, 0.1) is 0 Å². The van der Waals surface area contributed by atoms with Crippen LogP contribution in [-0.2, 0) is 9.59 Å². The van der Waals surface area contributed by atoms with Crippen molar-refractivity contribution in [3.8, 4) is 5.75 Å². The first-order chi connectivity index (χ1) is 14.9. The van der Waals surface area contributed by atoms with Crippen LogP contribution in [0.3, 0.4) is 0 Å². The number of amides is 2. The van der Waals surface area contributed by atoms with E-state index in [1.165, 1.54) is 0 Å². The molecule has 1 unspecified atom stereocenters. The summed E-state index contributed by atoms with van der Waals surface area (Å²) in [5.41, 5.74) is 1.48. The number of nitrogens with zero attached hydrogens (tertiary/aromatic N) is 1. The number of benzene rings is 3. The van der Waals surface area contributed by atoms with Gasteiger partial charge in [0.15, 0.2) is 0 Å². The van der Waals surface area contributed by atoms with Gasteiger partial charge >= 0.3 is 11.8 Å². The molecule has 0 radical (unpaired) electrons. The van der Waals surface area contributed by atoms with Crippen LogP contribution < -0.4 is 15.4 Å². The summed E-state index contributed by atoms with van der Waals surface area (Å²) in [6.07, 6.45) is 0.932. The molecule has 0 fully saturated rings. The molecule has 0 aliphatic rings. The fourth-order valence-corrected chi connectivity index (χ4v) is 3.22. The van der Waals surface area contributed by atoms with E-state index in [-0.39, 0.29) is 6.04 Å². The van der Waals surface area contributed by atoms with E-state index in [2.05, 4.69) is 15.5 Å². The van der Waals surface area contributed by atoms with Crippen LogP contribution in [0.1, 0.15) is 24.9 Å². The van der Waals surface area contributed by atoms with E-state index in [9.17, 15) is 9.59 Å². The van der Waals surface area contributed by atoms with Crippen molar-refractivity contribution in [1.82, 2.24) is 10.2 Å². The lowest BCUT2D eigenvalue weighted by Gasteiger charge is -2.15. The summed E-state index contributed by atoms with van der Waals surface area (Å²) in [7, 11) is 4.05. The van der Waals surface area contributed by atoms with Crippen LogP contribution in [0.2, 0.25) is 0 Å². The minimum absolute atomic E-state index is 0.291. The van der Waals surface area contributed by atoms with Gasteiger partial charge in [0.05, 0.1) is 12.6 Å². The van der Waals surface area contributed by atoms with Crippen LogP contribution in [0.25, 0.3) is 10.8 Å². The van der Waals surface area contributed by atoms with Gasteiger partial charge in [0, 0.05) is 12.2 Å². The van der Waals surface area contributed by atoms with Crippen LogP contribution in [0.5, 0.6) is 5.75 Å². The number of carbonyl (C=O) groups is 2. The van der Waals surface area contributed by atoms with Crippen molar-refractivity contribution in [1.29, 1.82) is 0 Å². The number of hydrogen-bond donors (Lipinski definition) is 2. The van der Waals surface area contributed by atoms with Crippen LogP contribution in [0.4, 0.5) is 5.69 Å². The molecule has 0 spiro atoms. The molecule has 162 valence electrons. The summed E-state index contributed by atoms with van der Waals surface area (Å²) in [6.45, 7) is 3.44. The van der Waals surface area contributed by atoms with Crippen molar-refractivity contribution in [3.05, 3.63) is 72.3 Å². The number of carbonyl (C=O) groups excluding carboxylic acids is 2. The van der Waals surface area contributed by atoms with E-state index in [4.69, 9.17) is 4.74 Å². The topological polar surface area (TPSA) is 70.7 Å². The third kappa shape index (κ3) is 6.55. The maximum absolute atomic E-state index is 12.3. The van der Waals surface area contributed by atoms with Gasteiger partial charge in [-0.05, 0) is 74.1 Å². The second-order valence-corrected chi connectivity index (χ2v) is 7.79. The lowest BCUT2D eigenvalue weighted by Crippen LogP contribution is -2.36. The standard InChI is InChI=1S/C25H29N3O3/c1-18(20-10-9-19-7-4-5-8-21(19)17-20)26-24(29)25(30)27-22-11-13-23(14-12-22)31-16-6-15-28(2)3/h4-5,7-14,17-18H,6,15-16H2,1-3H3,(H,26,29)(H,27,30). The Bertz CT molecular complexity index is 1030. The number of rotatable bonds is 8. The molecular weight excluding hydrogens is 390 g/mol. The molecule has 0 saturated carbocycles. The Kier molecular flexibility index (Phi) is 7.62. The molecule has 2 amide bonds. The molecule has 6 nitrogen and oxygen atoms in total. The maximum Gasteiger partial charge on any atom is 0.313 e. The highest BCUT2D eigenvalue weighted by Crippen LogP contribution is 2.20. The molecule has 0 heterocycles. The zero-order valence-electron chi connectivity index (χ0n) is 18.2. The first-order valence-corrected chi connectivity index (χ1v) is 10.4. The zero-order valence-corrected chi connectivity index (χ0v) is 18.2. The van der Waals surface area contributed by atoms with Crippen molar-refractivity contribution in [2.45, 2.75) is 19.4 Å². The number of fused-ring (bicyclic) bond motifs is 1. The van der Waals surface area contributed by atoms with Gasteiger partial charge in [-0.1, -0.05) is 36.4 Å². The van der Waals surface area contributed by atoms with Gasteiger partial charge < -0.3 is 20.3 Å². The average molecular weight is 420 g/mol. The van der Waals surface area contributed by atoms with Crippen molar-refractivity contribution in [3.63, 3.8) is 0 Å². The maximum atomic E-state index is 12.3. The van der Waals surface area contributed by atoms with Gasteiger partial charge in [0.2, 0.25) is 0 Å². The second kappa shape index (κ2) is 10.6. The van der Waals surface area contributed by atoms with E-state index in [1.807, 2.05) is 63.5 Å². The molecule has 0 bridgehead atoms. The van der Waals surface area contributed by atoms with E-state index >= 15 is 0 Å². The summed E-state index contributed by atoms with van der Waals surface area (Å²) in [5, 5.41) is 7.60. The lowest BCUT2D eigenvalue weighted by atomic mass is 10.0. The molecule has 6 heteroatoms. The summed E-state index contributed by atoms with van der Waals surface area (Å²) >= 11 is 0. The SMILES string of the molecule is CC(NC(=O)C(=O)Nc1ccc(OCCCN(C)C)cc1)c1ccc2ccccc2c1. The van der Waals surface area contributed by atoms with Crippen LogP contribution >= 0.6 is 0 Å². The molecule has 0 aromatic heterocycles. The molecule has 1 atom stereocenters. The van der Waals surface area contributed by atoms with E-state index in [1.54, 1.807) is 24.3 Å². The Morgan fingerprint density at radius 1 is 0.935 bits per heavy atom. The Balaban J connectivity index is 1.50. The number of nitrogens with one attached hydrogen (secondary N) is 2. The molecular formula is C25H29N3O3. The van der Waals surface area contributed by atoms with E-state index in [0.717, 1.165) is 35.1 Å². The third-order valence-electron chi connectivity index (χ3n) is 4.96. The third-order valence-corrected chi connectivity index (χ3v) is 4.96. The average Bonchev–Trinajstić information content (AvgIpc) is 2.77. The molecule has 3 aromatic carbocycles. The van der Waals surface area contributed by atoms with Gasteiger partial charge in [0.25, 0.3) is 0 Å². The monoisotopic (exact) mass is 419 g/mol. The molecule has 31 heavy (non-hydrogen) atoms. The van der Waals surface area contributed by atoms with E-state index < -0.39 is 11.8 Å². The Hall–Kier alpha value is -3.38. The van der Waals surface area contributed by atoms with Crippen molar-refractivity contribution in [2.24, 2.45) is 0 Å². The first-order valence-electron chi connectivity index (χ1n) is 10.4. The zero-order chi connectivity index (χ0) is 22.2. The Labute approximate surface area is 183 Å². The molecule has 2 N–H and O–H groups in total. The predicted molar refractivity (Wildman–Crippen MR) is 124 cm³/mol. The van der Waals surface area contributed by atoms with Gasteiger partial charge in [-0.25, -0.2) is 0 Å². The van der Waals surface area contributed by atoms with Gasteiger partial charge in [-0.15, -0.1) is 0 Å². The molecule has 0 aliphatic carbocycles. The highest BCUT2D eigenvalue weighted by atomic mass is 16.5. The smallest absolute Gasteiger partial charge is 0.313 e. The van der Waals surface area contributed by atoms with Gasteiger partial charge in [-0.2, -0.15) is 0 Å². The minimum Gasteiger partial charge on any atom is -0.494 e. The second-order valence-electron chi connectivity index (χ2n) is 7.79. The summed E-state index contributed by atoms with van der Waals surface area (Å²) in [4.78, 5) is 26.7. The fraction of sp³-hybridized carbons (Fsp3) is 0.280. The fourth-order valence-electron chi connectivity index (χ4n) is 3.22. The normalized spacial score (nSPS) is 11.9. The molecule has 0 aliphatic heterocycles. The van der Waals surface area contributed by atoms with Crippen molar-refractivity contribution >= 4 is 28.3 Å². The first kappa shape index (κ1) is 22.3. The summed E-state index contributed by atoms with van der Waals surface area (Å²) in [5.74, 6) is -0.650. The van der Waals surface area contributed by atoms with Gasteiger partial charge in [-0.3, -0.25) is 9.59 Å². The molecule has 3 aromatic rings. The van der Waals surface area contributed by atoms with Crippen molar-refractivity contribution in [2.75, 3.05) is 32.6 Å². The van der Waals surface area contributed by atoms with Crippen LogP contribution in [0.15, 0.2) is 66.7 Å².